The van der Waals surface area contributed by atoms with Crippen LogP contribution in [0.15, 0.2) is 46.6 Å². The van der Waals surface area contributed by atoms with Crippen LogP contribution in [0.5, 0.6) is 5.75 Å². The molecule has 9 nitrogen and oxygen atoms in total. The minimum absolute atomic E-state index is 0.0391. The molecule has 0 aromatic heterocycles. The highest BCUT2D eigenvalue weighted by Crippen LogP contribution is 2.34. The highest BCUT2D eigenvalue weighted by Gasteiger charge is 2.12. The van der Waals surface area contributed by atoms with Crippen molar-refractivity contribution in [1.82, 2.24) is 0 Å². The number of nitro groups is 1. The first-order valence-electron chi connectivity index (χ1n) is 8.53. The SMILES string of the molecule is CCN(CC)c1ccc(N=Nc2ccc([N+](=O)[O-])cc2C#N)c(OCC#N)c1. The van der Waals surface area contributed by atoms with Gasteiger partial charge in [-0.2, -0.15) is 10.5 Å². The lowest BCUT2D eigenvalue weighted by molar-refractivity contribution is -0.384. The van der Waals surface area contributed by atoms with E-state index in [-0.39, 0.29) is 23.5 Å². The minimum Gasteiger partial charge on any atom is -0.476 e. The molecule has 0 aliphatic rings. The number of anilines is 1. The molecule has 0 unspecified atom stereocenters. The van der Waals surface area contributed by atoms with Crippen molar-refractivity contribution >= 4 is 22.7 Å². The van der Waals surface area contributed by atoms with E-state index in [1.54, 1.807) is 12.1 Å². The van der Waals surface area contributed by atoms with E-state index in [2.05, 4.69) is 15.1 Å². The number of nitro benzene ring substituents is 1. The number of hydrogen-bond acceptors (Lipinski definition) is 8. The quantitative estimate of drug-likeness (QED) is 0.374. The molecule has 0 amide bonds. The monoisotopic (exact) mass is 378 g/mol. The Hall–Kier alpha value is -3.98. The first-order valence-corrected chi connectivity index (χ1v) is 8.53. The number of rotatable bonds is 8. The van der Waals surface area contributed by atoms with Crippen LogP contribution in [0.2, 0.25) is 0 Å². The van der Waals surface area contributed by atoms with Gasteiger partial charge in [0.15, 0.2) is 6.61 Å². The largest absolute Gasteiger partial charge is 0.476 e. The number of hydrogen-bond donors (Lipinski definition) is 0. The molecule has 0 heterocycles. The summed E-state index contributed by atoms with van der Waals surface area (Å²) >= 11 is 0. The number of benzene rings is 2. The van der Waals surface area contributed by atoms with Gasteiger partial charge in [0, 0.05) is 37.0 Å². The molecule has 0 aliphatic carbocycles. The number of non-ortho nitro benzene ring substituents is 1. The Morgan fingerprint density at radius 3 is 2.39 bits per heavy atom. The Balaban J connectivity index is 2.40. The van der Waals surface area contributed by atoms with Gasteiger partial charge < -0.3 is 9.64 Å². The molecule has 0 spiro atoms. The van der Waals surface area contributed by atoms with Crippen molar-refractivity contribution in [2.24, 2.45) is 10.2 Å². The zero-order valence-electron chi connectivity index (χ0n) is 15.5. The summed E-state index contributed by atoms with van der Waals surface area (Å²) in [6, 6.07) is 12.9. The van der Waals surface area contributed by atoms with Gasteiger partial charge in [-0.3, -0.25) is 10.1 Å². The van der Waals surface area contributed by atoms with Gasteiger partial charge in [-0.25, -0.2) is 0 Å². The molecule has 142 valence electrons. The van der Waals surface area contributed by atoms with Crippen molar-refractivity contribution in [2.45, 2.75) is 13.8 Å². The molecule has 0 N–H and O–H groups in total. The fourth-order valence-electron chi connectivity index (χ4n) is 2.52. The maximum atomic E-state index is 10.8. The lowest BCUT2D eigenvalue weighted by Gasteiger charge is -2.21. The van der Waals surface area contributed by atoms with E-state index in [9.17, 15) is 15.4 Å². The normalized spacial score (nSPS) is 10.3. The molecular formula is C19H18N6O3. The van der Waals surface area contributed by atoms with Crippen LogP contribution >= 0.6 is 0 Å². The number of azo groups is 1. The van der Waals surface area contributed by atoms with Crippen molar-refractivity contribution in [3.8, 4) is 17.9 Å². The number of ether oxygens (including phenoxy) is 1. The fraction of sp³-hybridized carbons (Fsp3) is 0.263. The van der Waals surface area contributed by atoms with Crippen LogP contribution in [-0.4, -0.2) is 24.6 Å². The topological polar surface area (TPSA) is 128 Å². The molecule has 0 radical (unpaired) electrons. The Bertz CT molecular complexity index is 971. The fourth-order valence-corrected chi connectivity index (χ4v) is 2.52. The zero-order valence-corrected chi connectivity index (χ0v) is 15.5. The first kappa shape index (κ1) is 20.3. The van der Waals surface area contributed by atoms with Crippen LogP contribution in [0.25, 0.3) is 0 Å². The second kappa shape index (κ2) is 9.64. The summed E-state index contributed by atoms with van der Waals surface area (Å²) in [6.45, 7) is 5.54. The van der Waals surface area contributed by atoms with Crippen LogP contribution in [0.1, 0.15) is 19.4 Å². The second-order valence-electron chi connectivity index (χ2n) is 5.54. The zero-order chi connectivity index (χ0) is 20.5. The third-order valence-electron chi connectivity index (χ3n) is 3.94. The first-order chi connectivity index (χ1) is 13.5. The Morgan fingerprint density at radius 2 is 1.79 bits per heavy atom. The molecule has 0 saturated carbocycles. The van der Waals surface area contributed by atoms with E-state index >= 15 is 0 Å². The highest BCUT2D eigenvalue weighted by atomic mass is 16.6. The summed E-state index contributed by atoms with van der Waals surface area (Å²) in [5.41, 5.74) is 1.35. The molecule has 0 bridgehead atoms. The van der Waals surface area contributed by atoms with Crippen LogP contribution in [-0.2, 0) is 0 Å². The molecule has 28 heavy (non-hydrogen) atoms. The number of nitriles is 2. The van der Waals surface area contributed by atoms with Crippen LogP contribution in [0.4, 0.5) is 22.7 Å². The lowest BCUT2D eigenvalue weighted by Crippen LogP contribution is -2.21. The van der Waals surface area contributed by atoms with Gasteiger partial charge in [-0.1, -0.05) is 0 Å². The van der Waals surface area contributed by atoms with Gasteiger partial charge in [0.25, 0.3) is 5.69 Å². The smallest absolute Gasteiger partial charge is 0.270 e. The molecule has 2 aromatic rings. The van der Waals surface area contributed by atoms with Crippen molar-refractivity contribution < 1.29 is 9.66 Å². The summed E-state index contributed by atoms with van der Waals surface area (Å²) in [7, 11) is 0. The average Bonchev–Trinajstić information content (AvgIpc) is 2.72. The third-order valence-corrected chi connectivity index (χ3v) is 3.94. The predicted molar refractivity (Wildman–Crippen MR) is 103 cm³/mol. The molecule has 0 aliphatic heterocycles. The van der Waals surface area contributed by atoms with E-state index in [1.807, 2.05) is 32.1 Å². The lowest BCUT2D eigenvalue weighted by atomic mass is 10.2. The van der Waals surface area contributed by atoms with Gasteiger partial charge in [0.05, 0.1) is 10.5 Å². The predicted octanol–water partition coefficient (Wildman–Crippen LogP) is 4.63. The van der Waals surface area contributed by atoms with Crippen LogP contribution in [0.3, 0.4) is 0 Å². The Labute approximate surface area is 162 Å². The Morgan fingerprint density at radius 1 is 1.11 bits per heavy atom. The van der Waals surface area contributed by atoms with Gasteiger partial charge in [-0.05, 0) is 32.0 Å². The van der Waals surface area contributed by atoms with Crippen molar-refractivity contribution in [2.75, 3.05) is 24.6 Å². The summed E-state index contributed by atoms with van der Waals surface area (Å²) in [5.74, 6) is 0.384. The molecular weight excluding hydrogens is 360 g/mol. The summed E-state index contributed by atoms with van der Waals surface area (Å²) in [4.78, 5) is 12.4. The van der Waals surface area contributed by atoms with Crippen molar-refractivity contribution in [1.29, 1.82) is 10.5 Å². The van der Waals surface area contributed by atoms with E-state index in [0.29, 0.717) is 11.4 Å². The summed E-state index contributed by atoms with van der Waals surface area (Å²) < 4.78 is 5.47. The summed E-state index contributed by atoms with van der Waals surface area (Å²) in [6.07, 6.45) is 0. The minimum atomic E-state index is -0.582. The molecule has 0 atom stereocenters. The standard InChI is InChI=1S/C19H18N6O3/c1-3-24(4-2)15-5-8-18(19(12-15)28-10-9-20)23-22-17-7-6-16(25(26)27)11-14(17)13-21/h5-8,11-12H,3-4,10H2,1-2H3. The second-order valence-corrected chi connectivity index (χ2v) is 5.54. The van der Waals surface area contributed by atoms with Gasteiger partial charge in [-0.15, -0.1) is 10.2 Å². The van der Waals surface area contributed by atoms with E-state index < -0.39 is 4.92 Å². The molecule has 0 fully saturated rings. The number of nitrogens with zero attached hydrogens (tertiary/aromatic N) is 6. The van der Waals surface area contributed by atoms with Gasteiger partial charge in [0.2, 0.25) is 0 Å². The van der Waals surface area contributed by atoms with Crippen LogP contribution < -0.4 is 9.64 Å². The van der Waals surface area contributed by atoms with E-state index in [0.717, 1.165) is 24.8 Å². The maximum Gasteiger partial charge on any atom is 0.270 e. The van der Waals surface area contributed by atoms with Gasteiger partial charge in [0.1, 0.15) is 29.3 Å². The van der Waals surface area contributed by atoms with Crippen molar-refractivity contribution in [3.05, 3.63) is 52.1 Å². The highest BCUT2D eigenvalue weighted by molar-refractivity contribution is 5.63. The molecule has 2 aromatic carbocycles. The third kappa shape index (κ3) is 4.80. The Kier molecular flexibility index (Phi) is 7.00. The average molecular weight is 378 g/mol. The van der Waals surface area contributed by atoms with Crippen molar-refractivity contribution in [3.63, 3.8) is 0 Å². The van der Waals surface area contributed by atoms with Crippen LogP contribution in [0, 0.1) is 32.8 Å². The van der Waals surface area contributed by atoms with E-state index in [1.165, 1.54) is 12.1 Å². The summed E-state index contributed by atoms with van der Waals surface area (Å²) in [5, 5.41) is 37.0. The molecule has 2 rings (SSSR count). The maximum absolute atomic E-state index is 10.8. The molecule has 0 saturated heterocycles. The molecule has 9 heteroatoms. The van der Waals surface area contributed by atoms with Gasteiger partial charge >= 0.3 is 0 Å². The van der Waals surface area contributed by atoms with E-state index in [4.69, 9.17) is 10.00 Å².